The molecule has 0 unspecified atom stereocenters. The first-order valence-corrected chi connectivity index (χ1v) is 12.2. The number of aryl methyl sites for hydroxylation is 2. The van der Waals surface area contributed by atoms with Crippen molar-refractivity contribution >= 4 is 21.9 Å². The fraction of sp³-hybridized carbons (Fsp3) is 0.161. The Bertz CT molecular complexity index is 1810. The Morgan fingerprint density at radius 2 is 1.41 bits per heavy atom. The van der Waals surface area contributed by atoms with E-state index < -0.39 is 17.0 Å². The molecule has 3 aromatic heterocycles. The standard InChI is InChI=1S/C31H26F2N4/c1-31(2,21-16-15-20(32)18-23(21)33)22-10-7-14-27-29(22)35-30(37(27)4)25-12-8-11-24(34-25)28-17-19-9-5-6-13-26(19)36(28)3/h5-18H,1-4H3. The van der Waals surface area contributed by atoms with E-state index in [0.29, 0.717) is 5.56 Å². The quantitative estimate of drug-likeness (QED) is 0.257. The Labute approximate surface area is 213 Å². The van der Waals surface area contributed by atoms with E-state index >= 15 is 0 Å². The Balaban J connectivity index is 1.49. The smallest absolute Gasteiger partial charge is 0.159 e. The fourth-order valence-corrected chi connectivity index (χ4v) is 5.33. The number of halogens is 2. The van der Waals surface area contributed by atoms with Gasteiger partial charge in [-0.1, -0.05) is 56.3 Å². The first-order valence-electron chi connectivity index (χ1n) is 12.2. The average Bonchev–Trinajstić information content (AvgIpc) is 3.41. The molecule has 0 amide bonds. The molecule has 3 aromatic carbocycles. The van der Waals surface area contributed by atoms with Gasteiger partial charge in [-0.25, -0.2) is 18.7 Å². The second kappa shape index (κ2) is 8.37. The van der Waals surface area contributed by atoms with Gasteiger partial charge in [0.25, 0.3) is 0 Å². The summed E-state index contributed by atoms with van der Waals surface area (Å²) in [6, 6.07) is 26.0. The summed E-state index contributed by atoms with van der Waals surface area (Å²) >= 11 is 0. The van der Waals surface area contributed by atoms with Crippen LogP contribution in [0.1, 0.15) is 25.0 Å². The van der Waals surface area contributed by atoms with E-state index in [1.54, 1.807) is 0 Å². The lowest BCUT2D eigenvalue weighted by Gasteiger charge is -2.27. The Morgan fingerprint density at radius 1 is 0.676 bits per heavy atom. The van der Waals surface area contributed by atoms with Crippen LogP contribution in [0.25, 0.3) is 44.8 Å². The van der Waals surface area contributed by atoms with Crippen LogP contribution in [0.15, 0.2) is 84.9 Å². The third-order valence-electron chi connectivity index (χ3n) is 7.38. The zero-order valence-corrected chi connectivity index (χ0v) is 21.1. The van der Waals surface area contributed by atoms with Crippen LogP contribution in [0.2, 0.25) is 0 Å². The van der Waals surface area contributed by atoms with Crippen LogP contribution < -0.4 is 0 Å². The minimum Gasteiger partial charge on any atom is -0.342 e. The first kappa shape index (κ1) is 23.1. The lowest BCUT2D eigenvalue weighted by atomic mass is 9.77. The molecular formula is C31H26F2N4. The highest BCUT2D eigenvalue weighted by molar-refractivity contribution is 5.87. The van der Waals surface area contributed by atoms with E-state index in [1.807, 2.05) is 81.0 Å². The van der Waals surface area contributed by atoms with Crippen LogP contribution in [0, 0.1) is 11.6 Å². The lowest BCUT2D eigenvalue weighted by Crippen LogP contribution is -2.21. The van der Waals surface area contributed by atoms with Gasteiger partial charge in [-0.15, -0.1) is 0 Å². The SMILES string of the molecule is Cn1c(-c2cccc(-c3nc4c(C(C)(C)c5ccc(F)cc5F)cccc4n3C)n2)cc2ccccc21. The third-order valence-corrected chi connectivity index (χ3v) is 7.38. The topological polar surface area (TPSA) is 35.6 Å². The van der Waals surface area contributed by atoms with Crippen molar-refractivity contribution in [3.63, 3.8) is 0 Å². The number of fused-ring (bicyclic) bond motifs is 2. The van der Waals surface area contributed by atoms with Gasteiger partial charge >= 0.3 is 0 Å². The van der Waals surface area contributed by atoms with Crippen molar-refractivity contribution in [2.24, 2.45) is 14.1 Å². The maximum absolute atomic E-state index is 14.8. The highest BCUT2D eigenvalue weighted by Crippen LogP contribution is 2.38. The number of para-hydroxylation sites is 2. The number of hydrogen-bond donors (Lipinski definition) is 0. The van der Waals surface area contributed by atoms with Gasteiger partial charge in [-0.05, 0) is 47.5 Å². The predicted octanol–water partition coefficient (Wildman–Crippen LogP) is 7.40. The zero-order chi connectivity index (χ0) is 25.9. The van der Waals surface area contributed by atoms with Gasteiger partial charge in [0.15, 0.2) is 5.82 Å². The molecule has 0 aliphatic rings. The van der Waals surface area contributed by atoms with Crippen LogP contribution in [0.4, 0.5) is 8.78 Å². The van der Waals surface area contributed by atoms with Crippen molar-refractivity contribution in [3.05, 3.63) is 108 Å². The molecule has 0 spiro atoms. The van der Waals surface area contributed by atoms with Gasteiger partial charge in [0, 0.05) is 36.5 Å². The molecule has 184 valence electrons. The van der Waals surface area contributed by atoms with E-state index in [4.69, 9.17) is 9.97 Å². The Hall–Kier alpha value is -4.32. The first-order chi connectivity index (χ1) is 17.8. The number of aromatic nitrogens is 4. The Morgan fingerprint density at radius 3 is 2.19 bits per heavy atom. The van der Waals surface area contributed by atoms with Crippen molar-refractivity contribution in [2.75, 3.05) is 0 Å². The normalized spacial score (nSPS) is 12.1. The maximum Gasteiger partial charge on any atom is 0.159 e. The van der Waals surface area contributed by atoms with Crippen LogP contribution in [0.3, 0.4) is 0 Å². The van der Waals surface area contributed by atoms with Crippen molar-refractivity contribution < 1.29 is 8.78 Å². The van der Waals surface area contributed by atoms with Gasteiger partial charge in [0.2, 0.25) is 0 Å². The second-order valence-corrected chi connectivity index (χ2v) is 9.97. The van der Waals surface area contributed by atoms with Crippen molar-refractivity contribution in [2.45, 2.75) is 19.3 Å². The van der Waals surface area contributed by atoms with Gasteiger partial charge in [0.1, 0.15) is 17.3 Å². The molecule has 0 aliphatic heterocycles. The highest BCUT2D eigenvalue weighted by atomic mass is 19.1. The molecule has 0 atom stereocenters. The number of pyridine rings is 1. The molecule has 0 saturated carbocycles. The molecule has 0 fully saturated rings. The third kappa shape index (κ3) is 3.63. The maximum atomic E-state index is 14.8. The van der Waals surface area contributed by atoms with E-state index in [2.05, 4.69) is 22.8 Å². The summed E-state index contributed by atoms with van der Waals surface area (Å²) in [5.74, 6) is -0.437. The molecule has 6 rings (SSSR count). The molecular weight excluding hydrogens is 466 g/mol. The van der Waals surface area contributed by atoms with Gasteiger partial charge < -0.3 is 9.13 Å². The molecule has 0 aliphatic carbocycles. The van der Waals surface area contributed by atoms with E-state index in [9.17, 15) is 8.78 Å². The molecule has 6 aromatic rings. The van der Waals surface area contributed by atoms with E-state index in [0.717, 1.165) is 56.5 Å². The zero-order valence-electron chi connectivity index (χ0n) is 21.1. The lowest BCUT2D eigenvalue weighted by molar-refractivity contribution is 0.532. The van der Waals surface area contributed by atoms with Crippen LogP contribution >= 0.6 is 0 Å². The summed E-state index contributed by atoms with van der Waals surface area (Å²) in [5, 5.41) is 1.16. The minimum absolute atomic E-state index is 0.421. The predicted molar refractivity (Wildman–Crippen MR) is 144 cm³/mol. The molecule has 0 radical (unpaired) electrons. The molecule has 0 N–H and O–H groups in total. The minimum atomic E-state index is -0.735. The summed E-state index contributed by atoms with van der Waals surface area (Å²) in [4.78, 5) is 10.0. The fourth-order valence-electron chi connectivity index (χ4n) is 5.33. The van der Waals surface area contributed by atoms with Crippen molar-refractivity contribution in [1.82, 2.24) is 19.1 Å². The Kier molecular flexibility index (Phi) is 5.23. The summed E-state index contributed by atoms with van der Waals surface area (Å²) in [6.07, 6.45) is 0. The molecule has 37 heavy (non-hydrogen) atoms. The van der Waals surface area contributed by atoms with E-state index in [-0.39, 0.29) is 0 Å². The molecule has 0 bridgehead atoms. The summed E-state index contributed by atoms with van der Waals surface area (Å²) < 4.78 is 32.6. The van der Waals surface area contributed by atoms with Crippen molar-refractivity contribution in [1.29, 1.82) is 0 Å². The number of benzene rings is 3. The van der Waals surface area contributed by atoms with Crippen LogP contribution in [-0.2, 0) is 19.5 Å². The molecule has 3 heterocycles. The largest absolute Gasteiger partial charge is 0.342 e. The molecule has 4 nitrogen and oxygen atoms in total. The molecule has 0 saturated heterocycles. The van der Waals surface area contributed by atoms with Crippen molar-refractivity contribution in [3.8, 4) is 22.9 Å². The number of rotatable bonds is 4. The number of nitrogens with zero attached hydrogens (tertiary/aromatic N) is 4. The second-order valence-electron chi connectivity index (χ2n) is 9.97. The van der Waals surface area contributed by atoms with Crippen LogP contribution in [0.5, 0.6) is 0 Å². The summed E-state index contributed by atoms with van der Waals surface area (Å²) in [6.45, 7) is 3.87. The monoisotopic (exact) mass is 492 g/mol. The highest BCUT2D eigenvalue weighted by Gasteiger charge is 2.30. The molecule has 6 heteroatoms. The summed E-state index contributed by atoms with van der Waals surface area (Å²) in [7, 11) is 4.01. The number of imidazole rings is 1. The van der Waals surface area contributed by atoms with E-state index in [1.165, 1.54) is 12.1 Å². The summed E-state index contributed by atoms with van der Waals surface area (Å²) in [5.41, 5.74) is 6.01. The number of hydrogen-bond acceptors (Lipinski definition) is 2. The van der Waals surface area contributed by atoms with Gasteiger partial charge in [-0.3, -0.25) is 0 Å². The average molecular weight is 493 g/mol. The van der Waals surface area contributed by atoms with Gasteiger partial charge in [-0.2, -0.15) is 0 Å². The van der Waals surface area contributed by atoms with Crippen LogP contribution in [-0.4, -0.2) is 19.1 Å². The van der Waals surface area contributed by atoms with Gasteiger partial charge in [0.05, 0.1) is 22.4 Å².